The number of hydrogen-bond acceptors (Lipinski definition) is 3. The molecule has 1 aliphatic carbocycles. The number of nitrogens with zero attached hydrogens (tertiary/aromatic N) is 1. The molecule has 1 aromatic carbocycles. The average Bonchev–Trinajstić information content (AvgIpc) is 3.20. The van der Waals surface area contributed by atoms with Crippen LogP contribution in [0.3, 0.4) is 0 Å². The van der Waals surface area contributed by atoms with Gasteiger partial charge in [0, 0.05) is 18.3 Å². The van der Waals surface area contributed by atoms with Gasteiger partial charge < -0.3 is 20.4 Å². The molecule has 0 saturated heterocycles. The predicted octanol–water partition coefficient (Wildman–Crippen LogP) is 1.73. The van der Waals surface area contributed by atoms with Crippen molar-refractivity contribution >= 4 is 11.7 Å². The quantitative estimate of drug-likeness (QED) is 0.758. The minimum atomic E-state index is -0.512. The van der Waals surface area contributed by atoms with Crippen LogP contribution < -0.4 is 5.32 Å². The third-order valence-corrected chi connectivity index (χ3v) is 3.23. The van der Waals surface area contributed by atoms with E-state index in [9.17, 15) is 9.90 Å². The van der Waals surface area contributed by atoms with E-state index in [4.69, 9.17) is 5.11 Å². The van der Waals surface area contributed by atoms with Crippen molar-refractivity contribution in [3.8, 4) is 0 Å². The van der Waals surface area contributed by atoms with Crippen LogP contribution >= 0.6 is 0 Å². The molecule has 2 amide bonds. The van der Waals surface area contributed by atoms with Crippen molar-refractivity contribution in [1.29, 1.82) is 0 Å². The molecule has 1 aromatic rings. The van der Waals surface area contributed by atoms with Gasteiger partial charge in [0.1, 0.15) is 0 Å². The first-order valence-corrected chi connectivity index (χ1v) is 6.58. The van der Waals surface area contributed by atoms with Gasteiger partial charge in [0.2, 0.25) is 0 Å². The molecule has 1 aliphatic rings. The Morgan fingerprint density at radius 1 is 1.42 bits per heavy atom. The maximum absolute atomic E-state index is 12.1. The first-order chi connectivity index (χ1) is 9.11. The van der Waals surface area contributed by atoms with Crippen LogP contribution in [0.4, 0.5) is 10.5 Å². The monoisotopic (exact) mass is 264 g/mol. The Labute approximate surface area is 112 Å². The number of benzene rings is 1. The molecule has 104 valence electrons. The molecule has 0 radical (unpaired) electrons. The predicted molar refractivity (Wildman–Crippen MR) is 72.9 cm³/mol. The number of carbonyl (C=O) groups excluding carboxylic acids is 1. The van der Waals surface area contributed by atoms with Crippen molar-refractivity contribution in [3.63, 3.8) is 0 Å². The summed E-state index contributed by atoms with van der Waals surface area (Å²) in [4.78, 5) is 13.7. The van der Waals surface area contributed by atoms with E-state index in [1.807, 2.05) is 0 Å². The zero-order chi connectivity index (χ0) is 13.8. The molecular weight excluding hydrogens is 244 g/mol. The first kappa shape index (κ1) is 13.8. The van der Waals surface area contributed by atoms with Crippen molar-refractivity contribution < 1.29 is 15.0 Å². The highest BCUT2D eigenvalue weighted by Gasteiger charge is 2.32. The summed E-state index contributed by atoms with van der Waals surface area (Å²) in [7, 11) is 0. The molecule has 3 N–H and O–H groups in total. The number of aliphatic hydroxyl groups excluding tert-OH is 2. The summed E-state index contributed by atoms with van der Waals surface area (Å²) in [5.41, 5.74) is 1.50. The Hall–Kier alpha value is -1.59. The van der Waals surface area contributed by atoms with Crippen LogP contribution in [-0.2, 0) is 0 Å². The van der Waals surface area contributed by atoms with E-state index in [1.165, 1.54) is 0 Å². The normalized spacial score (nSPS) is 15.9. The highest BCUT2D eigenvalue weighted by atomic mass is 16.3. The van der Waals surface area contributed by atoms with Gasteiger partial charge >= 0.3 is 6.03 Å². The van der Waals surface area contributed by atoms with Gasteiger partial charge in [-0.05, 0) is 37.5 Å². The lowest BCUT2D eigenvalue weighted by molar-refractivity contribution is 0.185. The number of urea groups is 1. The van der Waals surface area contributed by atoms with E-state index < -0.39 is 6.10 Å². The summed E-state index contributed by atoms with van der Waals surface area (Å²) < 4.78 is 0. The number of anilines is 1. The van der Waals surface area contributed by atoms with Gasteiger partial charge in [0.25, 0.3) is 0 Å². The Bertz CT molecular complexity index is 427. The van der Waals surface area contributed by atoms with E-state index in [1.54, 1.807) is 36.1 Å². The van der Waals surface area contributed by atoms with Gasteiger partial charge in [-0.15, -0.1) is 0 Å². The summed E-state index contributed by atoms with van der Waals surface area (Å²) >= 11 is 0. The van der Waals surface area contributed by atoms with Crippen LogP contribution in [-0.4, -0.2) is 40.3 Å². The molecule has 2 rings (SSSR count). The number of rotatable bonds is 5. The molecule has 1 unspecified atom stereocenters. The lowest BCUT2D eigenvalue weighted by atomic mass is 10.1. The lowest BCUT2D eigenvalue weighted by Gasteiger charge is -2.21. The molecule has 0 heterocycles. The zero-order valence-electron chi connectivity index (χ0n) is 11.0. The molecule has 19 heavy (non-hydrogen) atoms. The standard InChI is InChI=1S/C14H20N2O3/c1-10(18)11-2-4-12(5-3-11)15-14(19)16(8-9-17)13-6-7-13/h2-5,10,13,17-18H,6-9H2,1H3,(H,15,19). The molecule has 5 heteroatoms. The van der Waals surface area contributed by atoms with Crippen molar-refractivity contribution in [2.45, 2.75) is 31.9 Å². The summed E-state index contributed by atoms with van der Waals surface area (Å²) in [6, 6.07) is 7.19. The molecule has 1 atom stereocenters. The molecular formula is C14H20N2O3. The fourth-order valence-electron chi connectivity index (χ4n) is 1.98. The van der Waals surface area contributed by atoms with Gasteiger partial charge in [-0.25, -0.2) is 4.79 Å². The van der Waals surface area contributed by atoms with E-state index in [-0.39, 0.29) is 18.7 Å². The second-order valence-corrected chi connectivity index (χ2v) is 4.88. The van der Waals surface area contributed by atoms with Crippen LogP contribution in [0.1, 0.15) is 31.4 Å². The number of carbonyl (C=O) groups is 1. The van der Waals surface area contributed by atoms with Crippen molar-refractivity contribution in [2.75, 3.05) is 18.5 Å². The highest BCUT2D eigenvalue weighted by Crippen LogP contribution is 2.27. The first-order valence-electron chi connectivity index (χ1n) is 6.58. The van der Waals surface area contributed by atoms with Gasteiger partial charge in [-0.1, -0.05) is 12.1 Å². The zero-order valence-corrected chi connectivity index (χ0v) is 11.0. The van der Waals surface area contributed by atoms with Crippen molar-refractivity contribution in [3.05, 3.63) is 29.8 Å². The molecule has 1 fully saturated rings. The summed E-state index contributed by atoms with van der Waals surface area (Å²) in [6.07, 6.45) is 1.50. The maximum atomic E-state index is 12.1. The topological polar surface area (TPSA) is 72.8 Å². The van der Waals surface area contributed by atoms with E-state index in [0.29, 0.717) is 12.2 Å². The second kappa shape index (κ2) is 6.04. The number of aliphatic hydroxyl groups is 2. The van der Waals surface area contributed by atoms with Gasteiger partial charge in [0.15, 0.2) is 0 Å². The lowest BCUT2D eigenvalue weighted by Crippen LogP contribution is -2.38. The smallest absolute Gasteiger partial charge is 0.322 e. The van der Waals surface area contributed by atoms with E-state index in [0.717, 1.165) is 18.4 Å². The maximum Gasteiger partial charge on any atom is 0.322 e. The molecule has 0 aromatic heterocycles. The third kappa shape index (κ3) is 3.68. The van der Waals surface area contributed by atoms with Gasteiger partial charge in [-0.3, -0.25) is 0 Å². The minimum Gasteiger partial charge on any atom is -0.395 e. The van der Waals surface area contributed by atoms with Gasteiger partial charge in [-0.2, -0.15) is 0 Å². The molecule has 5 nitrogen and oxygen atoms in total. The number of hydrogen-bond donors (Lipinski definition) is 3. The molecule has 0 bridgehead atoms. The Morgan fingerprint density at radius 3 is 2.53 bits per heavy atom. The molecule has 0 spiro atoms. The SMILES string of the molecule is CC(O)c1ccc(NC(=O)N(CCO)C2CC2)cc1. The van der Waals surface area contributed by atoms with Crippen molar-refractivity contribution in [1.82, 2.24) is 4.90 Å². The molecule has 1 saturated carbocycles. The Kier molecular flexibility index (Phi) is 4.39. The van der Waals surface area contributed by atoms with Gasteiger partial charge in [0.05, 0.1) is 12.7 Å². The average molecular weight is 264 g/mol. The minimum absolute atomic E-state index is 0.0229. The van der Waals surface area contributed by atoms with Crippen LogP contribution in [0.5, 0.6) is 0 Å². The Morgan fingerprint density at radius 2 is 2.05 bits per heavy atom. The fraction of sp³-hybridized carbons (Fsp3) is 0.500. The van der Waals surface area contributed by atoms with Crippen molar-refractivity contribution in [2.24, 2.45) is 0 Å². The summed E-state index contributed by atoms with van der Waals surface area (Å²) in [6.45, 7) is 2.04. The van der Waals surface area contributed by atoms with E-state index >= 15 is 0 Å². The summed E-state index contributed by atoms with van der Waals surface area (Å²) in [5.74, 6) is 0. The van der Waals surface area contributed by atoms with Crippen LogP contribution in [0.2, 0.25) is 0 Å². The van der Waals surface area contributed by atoms with Crippen LogP contribution in [0.15, 0.2) is 24.3 Å². The highest BCUT2D eigenvalue weighted by molar-refractivity contribution is 5.89. The number of amides is 2. The molecule has 0 aliphatic heterocycles. The number of nitrogens with one attached hydrogen (secondary N) is 1. The second-order valence-electron chi connectivity index (χ2n) is 4.88. The largest absolute Gasteiger partial charge is 0.395 e. The fourth-order valence-corrected chi connectivity index (χ4v) is 1.98. The summed E-state index contributed by atoms with van der Waals surface area (Å²) in [5, 5.41) is 21.2. The van der Waals surface area contributed by atoms with Crippen LogP contribution in [0.25, 0.3) is 0 Å². The Balaban J connectivity index is 1.97. The van der Waals surface area contributed by atoms with Crippen LogP contribution in [0, 0.1) is 0 Å². The van der Waals surface area contributed by atoms with E-state index in [2.05, 4.69) is 5.32 Å². The third-order valence-electron chi connectivity index (χ3n) is 3.23.